The molecule has 2 heterocycles. The van der Waals surface area contributed by atoms with E-state index in [4.69, 9.17) is 5.11 Å². The van der Waals surface area contributed by atoms with E-state index >= 15 is 0 Å². The largest absolute Gasteiger partial charge is 0.480 e. The number of aromatic nitrogens is 1. The van der Waals surface area contributed by atoms with E-state index in [0.717, 1.165) is 21.5 Å². The average Bonchev–Trinajstić information content (AvgIpc) is 2.96. The molecule has 0 saturated carbocycles. The fourth-order valence-corrected chi connectivity index (χ4v) is 2.90. The molecule has 0 fully saturated rings. The van der Waals surface area contributed by atoms with Crippen molar-refractivity contribution in [3.05, 3.63) is 47.8 Å². The lowest BCUT2D eigenvalue weighted by atomic mass is 10.2. The normalized spacial score (nSPS) is 10.9. The van der Waals surface area contributed by atoms with Crippen LogP contribution in [0.2, 0.25) is 0 Å². The topological polar surface area (TPSA) is 42.2 Å². The van der Waals surface area contributed by atoms with Crippen molar-refractivity contribution in [2.75, 3.05) is 0 Å². The van der Waals surface area contributed by atoms with Gasteiger partial charge in [-0.15, -0.1) is 11.3 Å². The SMILES string of the molecule is O=C(O)Cn1c(-c2cccs2)cc2ccccc21. The Balaban J connectivity index is 2.26. The van der Waals surface area contributed by atoms with Crippen molar-refractivity contribution in [2.24, 2.45) is 0 Å². The van der Waals surface area contributed by atoms with Gasteiger partial charge in [-0.05, 0) is 23.6 Å². The third kappa shape index (κ3) is 1.80. The second-order valence-electron chi connectivity index (χ2n) is 4.05. The maximum atomic E-state index is 11.0. The minimum absolute atomic E-state index is 0.0131. The quantitative estimate of drug-likeness (QED) is 0.780. The van der Waals surface area contributed by atoms with Gasteiger partial charge in [-0.2, -0.15) is 0 Å². The summed E-state index contributed by atoms with van der Waals surface area (Å²) in [5.74, 6) is -0.825. The van der Waals surface area contributed by atoms with Crippen molar-refractivity contribution < 1.29 is 9.90 Å². The van der Waals surface area contributed by atoms with E-state index in [2.05, 4.69) is 0 Å². The molecule has 4 heteroatoms. The number of fused-ring (bicyclic) bond motifs is 1. The van der Waals surface area contributed by atoms with Gasteiger partial charge >= 0.3 is 5.97 Å². The number of hydrogen-bond donors (Lipinski definition) is 1. The molecule has 0 spiro atoms. The third-order valence-electron chi connectivity index (χ3n) is 2.88. The minimum Gasteiger partial charge on any atom is -0.480 e. The number of carboxylic acids is 1. The second-order valence-corrected chi connectivity index (χ2v) is 4.99. The highest BCUT2D eigenvalue weighted by molar-refractivity contribution is 7.13. The molecule has 1 aromatic carbocycles. The highest BCUT2D eigenvalue weighted by Crippen LogP contribution is 2.31. The molecule has 3 aromatic rings. The molecule has 0 aliphatic heterocycles. The van der Waals surface area contributed by atoms with Gasteiger partial charge < -0.3 is 9.67 Å². The smallest absolute Gasteiger partial charge is 0.323 e. The fourth-order valence-electron chi connectivity index (χ4n) is 2.14. The van der Waals surface area contributed by atoms with E-state index in [9.17, 15) is 4.79 Å². The zero-order valence-electron chi connectivity index (χ0n) is 9.54. The first-order valence-electron chi connectivity index (χ1n) is 5.59. The molecule has 90 valence electrons. The van der Waals surface area contributed by atoms with Crippen LogP contribution >= 0.6 is 11.3 Å². The number of carboxylic acid groups (broad SMARTS) is 1. The zero-order chi connectivity index (χ0) is 12.5. The molecule has 0 atom stereocenters. The minimum atomic E-state index is -0.825. The van der Waals surface area contributed by atoms with Gasteiger partial charge in [0, 0.05) is 10.9 Å². The number of nitrogens with zero attached hydrogens (tertiary/aromatic N) is 1. The van der Waals surface area contributed by atoms with Gasteiger partial charge in [0.25, 0.3) is 0 Å². The second kappa shape index (κ2) is 4.31. The van der Waals surface area contributed by atoms with Crippen LogP contribution in [-0.4, -0.2) is 15.6 Å². The molecule has 0 saturated heterocycles. The number of aliphatic carboxylic acids is 1. The molecule has 3 nitrogen and oxygen atoms in total. The van der Waals surface area contributed by atoms with Crippen molar-refractivity contribution in [3.8, 4) is 10.6 Å². The van der Waals surface area contributed by atoms with Crippen LogP contribution in [0.3, 0.4) is 0 Å². The summed E-state index contributed by atoms with van der Waals surface area (Å²) in [4.78, 5) is 12.1. The molecular weight excluding hydrogens is 246 g/mol. The third-order valence-corrected chi connectivity index (χ3v) is 3.77. The molecule has 0 unspecified atom stereocenters. The van der Waals surface area contributed by atoms with Crippen LogP contribution < -0.4 is 0 Å². The summed E-state index contributed by atoms with van der Waals surface area (Å²) in [5, 5.41) is 12.1. The highest BCUT2D eigenvalue weighted by Gasteiger charge is 2.13. The predicted octanol–water partition coefficient (Wildman–Crippen LogP) is 3.45. The summed E-state index contributed by atoms with van der Waals surface area (Å²) in [6.07, 6.45) is 0. The van der Waals surface area contributed by atoms with Gasteiger partial charge in [0.1, 0.15) is 6.54 Å². The van der Waals surface area contributed by atoms with E-state index in [1.807, 2.05) is 52.4 Å². The van der Waals surface area contributed by atoms with Crippen LogP contribution in [0.4, 0.5) is 0 Å². The molecule has 18 heavy (non-hydrogen) atoms. The van der Waals surface area contributed by atoms with Gasteiger partial charge in [0.2, 0.25) is 0 Å². The van der Waals surface area contributed by atoms with Crippen LogP contribution in [0.15, 0.2) is 47.8 Å². The molecule has 0 radical (unpaired) electrons. The van der Waals surface area contributed by atoms with E-state index in [-0.39, 0.29) is 6.54 Å². The molecule has 2 aromatic heterocycles. The van der Waals surface area contributed by atoms with Crippen LogP contribution in [0, 0.1) is 0 Å². The number of para-hydroxylation sites is 1. The van der Waals surface area contributed by atoms with Gasteiger partial charge in [0.15, 0.2) is 0 Å². The summed E-state index contributed by atoms with van der Waals surface area (Å²) in [6, 6.07) is 13.9. The number of hydrogen-bond acceptors (Lipinski definition) is 2. The molecule has 0 aliphatic carbocycles. The van der Waals surface area contributed by atoms with Crippen molar-refractivity contribution in [1.82, 2.24) is 4.57 Å². The lowest BCUT2D eigenvalue weighted by molar-refractivity contribution is -0.137. The highest BCUT2D eigenvalue weighted by atomic mass is 32.1. The van der Waals surface area contributed by atoms with E-state index in [0.29, 0.717) is 0 Å². The number of thiophene rings is 1. The van der Waals surface area contributed by atoms with Crippen molar-refractivity contribution in [2.45, 2.75) is 6.54 Å². The molecule has 1 N–H and O–H groups in total. The Hall–Kier alpha value is -2.07. The Bertz CT molecular complexity index is 698. The van der Waals surface area contributed by atoms with Crippen molar-refractivity contribution in [3.63, 3.8) is 0 Å². The first-order chi connectivity index (χ1) is 8.75. The Labute approximate surface area is 108 Å². The van der Waals surface area contributed by atoms with Gasteiger partial charge in [-0.1, -0.05) is 24.3 Å². The van der Waals surface area contributed by atoms with Crippen LogP contribution in [0.5, 0.6) is 0 Å². The molecule has 0 aliphatic rings. The summed E-state index contributed by atoms with van der Waals surface area (Å²) in [6.45, 7) is -0.0131. The number of benzene rings is 1. The Morgan fingerprint density at radius 1 is 1.22 bits per heavy atom. The molecular formula is C14H11NO2S. The fraction of sp³-hybridized carbons (Fsp3) is 0.0714. The molecule has 0 amide bonds. The molecule has 3 rings (SSSR count). The summed E-state index contributed by atoms with van der Waals surface area (Å²) in [5.41, 5.74) is 1.93. The van der Waals surface area contributed by atoms with Crippen LogP contribution in [0.1, 0.15) is 0 Å². The van der Waals surface area contributed by atoms with Crippen LogP contribution in [-0.2, 0) is 11.3 Å². The van der Waals surface area contributed by atoms with E-state index < -0.39 is 5.97 Å². The Kier molecular flexibility index (Phi) is 2.64. The predicted molar refractivity (Wildman–Crippen MR) is 72.9 cm³/mol. The summed E-state index contributed by atoms with van der Waals surface area (Å²) in [7, 11) is 0. The number of rotatable bonds is 3. The lowest BCUT2D eigenvalue weighted by Gasteiger charge is -2.06. The Morgan fingerprint density at radius 2 is 2.06 bits per heavy atom. The van der Waals surface area contributed by atoms with E-state index in [1.165, 1.54) is 0 Å². The number of carbonyl (C=O) groups is 1. The van der Waals surface area contributed by atoms with Gasteiger partial charge in [-0.25, -0.2) is 0 Å². The average molecular weight is 257 g/mol. The maximum absolute atomic E-state index is 11.0. The Morgan fingerprint density at radius 3 is 2.78 bits per heavy atom. The maximum Gasteiger partial charge on any atom is 0.323 e. The monoisotopic (exact) mass is 257 g/mol. The van der Waals surface area contributed by atoms with Gasteiger partial charge in [-0.3, -0.25) is 4.79 Å². The van der Waals surface area contributed by atoms with Crippen molar-refractivity contribution >= 4 is 28.2 Å². The zero-order valence-corrected chi connectivity index (χ0v) is 10.4. The lowest BCUT2D eigenvalue weighted by Crippen LogP contribution is -2.09. The summed E-state index contributed by atoms with van der Waals surface area (Å²) < 4.78 is 1.85. The molecule has 0 bridgehead atoms. The van der Waals surface area contributed by atoms with Crippen molar-refractivity contribution in [1.29, 1.82) is 0 Å². The first kappa shape index (κ1) is 11.0. The van der Waals surface area contributed by atoms with Gasteiger partial charge in [0.05, 0.1) is 10.6 Å². The summed E-state index contributed by atoms with van der Waals surface area (Å²) >= 11 is 1.62. The first-order valence-corrected chi connectivity index (χ1v) is 6.47. The van der Waals surface area contributed by atoms with E-state index in [1.54, 1.807) is 11.3 Å². The van der Waals surface area contributed by atoms with Crippen LogP contribution in [0.25, 0.3) is 21.5 Å². The standard InChI is InChI=1S/C14H11NO2S/c16-14(17)9-15-11-5-2-1-4-10(11)8-12(15)13-6-3-7-18-13/h1-8H,9H2,(H,16,17).